The van der Waals surface area contributed by atoms with E-state index in [-0.39, 0.29) is 12.5 Å². The van der Waals surface area contributed by atoms with Gasteiger partial charge in [-0.3, -0.25) is 4.79 Å². The van der Waals surface area contributed by atoms with Crippen molar-refractivity contribution in [3.05, 3.63) is 12.7 Å². The molecule has 0 heterocycles. The molecule has 0 radical (unpaired) electrons. The second-order valence-corrected chi connectivity index (χ2v) is 2.32. The number of rotatable bonds is 4. The van der Waals surface area contributed by atoms with Gasteiger partial charge in [0, 0.05) is 12.5 Å². The van der Waals surface area contributed by atoms with Gasteiger partial charge in [0.25, 0.3) is 0 Å². The highest BCUT2D eigenvalue weighted by atomic mass is 16.3. The molecule has 3 N–H and O–H groups in total. The summed E-state index contributed by atoms with van der Waals surface area (Å²) < 4.78 is 0. The quantitative estimate of drug-likeness (QED) is 0.373. The molecule has 4 nitrogen and oxygen atoms in total. The zero-order valence-corrected chi connectivity index (χ0v) is 6.45. The first-order valence-corrected chi connectivity index (χ1v) is 3.33. The van der Waals surface area contributed by atoms with E-state index in [4.69, 9.17) is 10.2 Å². The molecular weight excluding hydrogens is 146 g/mol. The highest BCUT2D eigenvalue weighted by Gasteiger charge is 2.13. The topological polar surface area (TPSA) is 69.6 Å². The Balaban J connectivity index is 3.76. The summed E-state index contributed by atoms with van der Waals surface area (Å²) in [5, 5.41) is 19.9. The summed E-state index contributed by atoms with van der Waals surface area (Å²) in [6, 6.07) is 0. The fourth-order valence-electron chi connectivity index (χ4n) is 0.447. The van der Waals surface area contributed by atoms with Crippen molar-refractivity contribution in [2.45, 2.75) is 13.2 Å². The minimum Gasteiger partial charge on any atom is -0.396 e. The van der Waals surface area contributed by atoms with Crippen molar-refractivity contribution in [2.75, 3.05) is 6.61 Å². The third kappa shape index (κ3) is 3.75. The van der Waals surface area contributed by atoms with E-state index in [1.165, 1.54) is 0 Å². The average Bonchev–Trinajstić information content (AvgIpc) is 2.02. The standard InChI is InChI=1S/C7H13NO3/c1-3-6(10)8-7(11)5(2)4-9/h3,5,7,9,11H,1,4H2,2H3,(H,8,10). The highest BCUT2D eigenvalue weighted by Crippen LogP contribution is 1.97. The van der Waals surface area contributed by atoms with Crippen LogP contribution in [-0.4, -0.2) is 29.0 Å². The van der Waals surface area contributed by atoms with Gasteiger partial charge >= 0.3 is 0 Å². The molecule has 0 rings (SSSR count). The van der Waals surface area contributed by atoms with Gasteiger partial charge < -0.3 is 15.5 Å². The lowest BCUT2D eigenvalue weighted by Gasteiger charge is -2.16. The van der Waals surface area contributed by atoms with Crippen LogP contribution in [-0.2, 0) is 4.79 Å². The van der Waals surface area contributed by atoms with Crippen LogP contribution >= 0.6 is 0 Å². The summed E-state index contributed by atoms with van der Waals surface area (Å²) in [4.78, 5) is 10.6. The molecule has 0 aliphatic carbocycles. The summed E-state index contributed by atoms with van der Waals surface area (Å²) >= 11 is 0. The van der Waals surface area contributed by atoms with Gasteiger partial charge in [-0.25, -0.2) is 0 Å². The van der Waals surface area contributed by atoms with Gasteiger partial charge in [0.05, 0.1) is 0 Å². The van der Waals surface area contributed by atoms with E-state index in [1.54, 1.807) is 6.92 Å². The summed E-state index contributed by atoms with van der Waals surface area (Å²) in [6.45, 7) is 4.66. The van der Waals surface area contributed by atoms with E-state index in [0.717, 1.165) is 6.08 Å². The van der Waals surface area contributed by atoms with Crippen LogP contribution in [0.15, 0.2) is 12.7 Å². The summed E-state index contributed by atoms with van der Waals surface area (Å²) in [7, 11) is 0. The molecule has 0 saturated carbocycles. The molecule has 0 aromatic rings. The Morgan fingerprint density at radius 3 is 2.73 bits per heavy atom. The Hall–Kier alpha value is -0.870. The Kier molecular flexibility index (Phi) is 4.49. The van der Waals surface area contributed by atoms with Gasteiger partial charge in [0.15, 0.2) is 0 Å². The van der Waals surface area contributed by atoms with Crippen molar-refractivity contribution < 1.29 is 15.0 Å². The zero-order valence-electron chi connectivity index (χ0n) is 6.45. The first-order chi connectivity index (χ1) is 5.11. The molecule has 0 aromatic heterocycles. The van der Waals surface area contributed by atoms with E-state index in [2.05, 4.69) is 11.9 Å². The normalized spacial score (nSPS) is 15.2. The summed E-state index contributed by atoms with van der Waals surface area (Å²) in [5.74, 6) is -0.809. The number of carbonyl (C=O) groups excluding carboxylic acids is 1. The van der Waals surface area contributed by atoms with Gasteiger partial charge in [-0.15, -0.1) is 0 Å². The van der Waals surface area contributed by atoms with Gasteiger partial charge in [-0.05, 0) is 6.08 Å². The lowest BCUT2D eigenvalue weighted by molar-refractivity contribution is -0.120. The van der Waals surface area contributed by atoms with Crippen LogP contribution in [0.3, 0.4) is 0 Å². The van der Waals surface area contributed by atoms with Gasteiger partial charge in [0.1, 0.15) is 6.23 Å². The van der Waals surface area contributed by atoms with Crippen molar-refractivity contribution in [2.24, 2.45) is 5.92 Å². The Labute approximate surface area is 65.5 Å². The number of amides is 1. The molecule has 0 fully saturated rings. The zero-order chi connectivity index (χ0) is 8.85. The van der Waals surface area contributed by atoms with Crippen LogP contribution in [0.2, 0.25) is 0 Å². The molecule has 0 bridgehead atoms. The lowest BCUT2D eigenvalue weighted by atomic mass is 10.1. The molecule has 2 atom stereocenters. The summed E-state index contributed by atoms with van der Waals surface area (Å²) in [6.07, 6.45) is 0.0540. The SMILES string of the molecule is C=CC(=O)NC(O)C(C)CO. The molecule has 11 heavy (non-hydrogen) atoms. The number of carbonyl (C=O) groups is 1. The minimum atomic E-state index is -1.01. The number of hydrogen-bond donors (Lipinski definition) is 3. The van der Waals surface area contributed by atoms with Crippen molar-refractivity contribution in [3.63, 3.8) is 0 Å². The maximum Gasteiger partial charge on any atom is 0.245 e. The average molecular weight is 159 g/mol. The number of nitrogens with one attached hydrogen (secondary N) is 1. The third-order valence-corrected chi connectivity index (χ3v) is 1.30. The molecule has 2 unspecified atom stereocenters. The smallest absolute Gasteiger partial charge is 0.245 e. The molecule has 0 aliphatic heterocycles. The summed E-state index contributed by atoms with van der Waals surface area (Å²) in [5.41, 5.74) is 0. The van der Waals surface area contributed by atoms with Crippen LogP contribution in [0.4, 0.5) is 0 Å². The fourth-order valence-corrected chi connectivity index (χ4v) is 0.447. The molecule has 0 spiro atoms. The van der Waals surface area contributed by atoms with Crippen LogP contribution < -0.4 is 5.32 Å². The molecule has 64 valence electrons. The second kappa shape index (κ2) is 4.87. The predicted octanol–water partition coefficient (Wildman–Crippen LogP) is -0.765. The first-order valence-electron chi connectivity index (χ1n) is 3.33. The Bertz CT molecular complexity index is 147. The van der Waals surface area contributed by atoms with Crippen LogP contribution in [0.25, 0.3) is 0 Å². The van der Waals surface area contributed by atoms with Gasteiger partial charge in [-0.1, -0.05) is 13.5 Å². The molecule has 4 heteroatoms. The number of aliphatic hydroxyl groups is 2. The molecule has 0 saturated heterocycles. The molecule has 1 amide bonds. The van der Waals surface area contributed by atoms with Crippen molar-refractivity contribution in [3.8, 4) is 0 Å². The Morgan fingerprint density at radius 1 is 1.82 bits per heavy atom. The third-order valence-electron chi connectivity index (χ3n) is 1.30. The van der Waals surface area contributed by atoms with Gasteiger partial charge in [-0.2, -0.15) is 0 Å². The van der Waals surface area contributed by atoms with E-state index in [1.807, 2.05) is 0 Å². The lowest BCUT2D eigenvalue weighted by Crippen LogP contribution is -2.39. The first kappa shape index (κ1) is 10.1. The molecule has 0 aliphatic rings. The van der Waals surface area contributed by atoms with Gasteiger partial charge in [0.2, 0.25) is 5.91 Å². The maximum atomic E-state index is 10.6. The second-order valence-electron chi connectivity index (χ2n) is 2.32. The number of aliphatic hydroxyl groups excluding tert-OH is 2. The van der Waals surface area contributed by atoms with Crippen molar-refractivity contribution >= 4 is 5.91 Å². The van der Waals surface area contributed by atoms with E-state index in [9.17, 15) is 4.79 Å². The van der Waals surface area contributed by atoms with Crippen LogP contribution in [0.5, 0.6) is 0 Å². The van der Waals surface area contributed by atoms with Crippen LogP contribution in [0, 0.1) is 5.92 Å². The Morgan fingerprint density at radius 2 is 2.36 bits per heavy atom. The molecular formula is C7H13NO3. The maximum absolute atomic E-state index is 10.6. The number of hydrogen-bond acceptors (Lipinski definition) is 3. The fraction of sp³-hybridized carbons (Fsp3) is 0.571. The van der Waals surface area contributed by atoms with Crippen LogP contribution in [0.1, 0.15) is 6.92 Å². The largest absolute Gasteiger partial charge is 0.396 e. The van der Waals surface area contributed by atoms with Crippen molar-refractivity contribution in [1.82, 2.24) is 5.32 Å². The molecule has 0 aromatic carbocycles. The monoisotopic (exact) mass is 159 g/mol. The van der Waals surface area contributed by atoms with E-state index in [0.29, 0.717) is 0 Å². The van der Waals surface area contributed by atoms with Crippen molar-refractivity contribution in [1.29, 1.82) is 0 Å². The van der Waals surface area contributed by atoms with E-state index >= 15 is 0 Å². The van der Waals surface area contributed by atoms with E-state index < -0.39 is 12.1 Å². The minimum absolute atomic E-state index is 0.168. The predicted molar refractivity (Wildman–Crippen MR) is 40.6 cm³/mol. The highest BCUT2D eigenvalue weighted by molar-refractivity contribution is 5.86.